The van der Waals surface area contributed by atoms with Gasteiger partial charge < -0.3 is 13.7 Å². The number of Topliss-reactive ketones (excluding diaryl/α,β-unsaturated/α-hetero) is 1. The second-order valence-corrected chi connectivity index (χ2v) is 14.6. The average molecular weight is 413 g/mol. The van der Waals surface area contributed by atoms with E-state index in [4.69, 9.17) is 9.15 Å². The number of ether oxygens (including phenoxy) is 1. The summed E-state index contributed by atoms with van der Waals surface area (Å²) in [6, 6.07) is 3.08. The first-order valence-corrected chi connectivity index (χ1v) is 14.0. The molecule has 0 N–H and O–H groups in total. The summed E-state index contributed by atoms with van der Waals surface area (Å²) >= 11 is 0. The lowest BCUT2D eigenvalue weighted by molar-refractivity contribution is 0.0888. The highest BCUT2D eigenvalue weighted by molar-refractivity contribution is 6.76. The number of carbonyl (C=O) groups excluding carboxylic acids is 1. The fourth-order valence-corrected chi connectivity index (χ4v) is 4.46. The van der Waals surface area contributed by atoms with Crippen LogP contribution in [0, 0.1) is 5.92 Å². The molecule has 0 aromatic carbocycles. The molecule has 0 radical (unpaired) electrons. The van der Waals surface area contributed by atoms with Gasteiger partial charge in [-0.05, 0) is 25.0 Å². The van der Waals surface area contributed by atoms with E-state index in [2.05, 4.69) is 34.6 Å². The lowest BCUT2D eigenvalue weighted by atomic mass is 10.0. The van der Waals surface area contributed by atoms with Gasteiger partial charge in [0.25, 0.3) is 5.89 Å². The van der Waals surface area contributed by atoms with Crippen molar-refractivity contribution in [2.75, 3.05) is 6.61 Å². The molecule has 3 aromatic rings. The van der Waals surface area contributed by atoms with Crippen LogP contribution in [0.2, 0.25) is 25.7 Å². The van der Waals surface area contributed by atoms with Crippen molar-refractivity contribution >= 4 is 24.9 Å². The third-order valence-electron chi connectivity index (χ3n) is 5.46. The topological polar surface area (TPSA) is 83.0 Å². The van der Waals surface area contributed by atoms with Crippen molar-refractivity contribution in [1.82, 2.24) is 19.5 Å². The van der Waals surface area contributed by atoms with Gasteiger partial charge in [-0.3, -0.25) is 4.79 Å². The summed E-state index contributed by atoms with van der Waals surface area (Å²) < 4.78 is 13.6. The molecule has 1 aliphatic carbocycles. The molecular weight excluding hydrogens is 384 g/mol. The van der Waals surface area contributed by atoms with Crippen molar-refractivity contribution in [2.24, 2.45) is 5.92 Å². The molecule has 0 bridgehead atoms. The molecule has 0 saturated heterocycles. The molecule has 7 nitrogen and oxygen atoms in total. The van der Waals surface area contributed by atoms with Crippen LogP contribution in [0.5, 0.6) is 0 Å². The summed E-state index contributed by atoms with van der Waals surface area (Å²) in [5, 5.41) is 0.859. The lowest BCUT2D eigenvalue weighted by Crippen LogP contribution is -2.22. The number of hydrogen-bond acceptors (Lipinski definition) is 6. The summed E-state index contributed by atoms with van der Waals surface area (Å²) in [4.78, 5) is 25.6. The molecule has 29 heavy (non-hydrogen) atoms. The van der Waals surface area contributed by atoms with Gasteiger partial charge in [0.2, 0.25) is 5.78 Å². The molecule has 0 spiro atoms. The monoisotopic (exact) mass is 412 g/mol. The first kappa shape index (κ1) is 20.0. The Bertz CT molecular complexity index is 999. The van der Waals surface area contributed by atoms with Gasteiger partial charge in [0, 0.05) is 32.2 Å². The van der Waals surface area contributed by atoms with Gasteiger partial charge in [0.05, 0.1) is 6.20 Å². The van der Waals surface area contributed by atoms with Gasteiger partial charge in [-0.25, -0.2) is 15.0 Å². The predicted molar refractivity (Wildman–Crippen MR) is 113 cm³/mol. The van der Waals surface area contributed by atoms with Gasteiger partial charge in [-0.1, -0.05) is 32.5 Å². The number of nitrogens with zero attached hydrogens (tertiary/aromatic N) is 4. The van der Waals surface area contributed by atoms with Crippen LogP contribution >= 0.6 is 0 Å². The second kappa shape index (κ2) is 8.20. The highest BCUT2D eigenvalue weighted by atomic mass is 28.3. The van der Waals surface area contributed by atoms with Gasteiger partial charge in [-0.2, -0.15) is 0 Å². The van der Waals surface area contributed by atoms with Crippen LogP contribution in [0.4, 0.5) is 0 Å². The Kier molecular flexibility index (Phi) is 5.64. The van der Waals surface area contributed by atoms with Crippen molar-refractivity contribution in [3.8, 4) is 11.5 Å². The van der Waals surface area contributed by atoms with Crippen LogP contribution in [0.25, 0.3) is 22.5 Å². The highest BCUT2D eigenvalue weighted by Gasteiger charge is 2.28. The maximum atomic E-state index is 12.6. The molecule has 0 unspecified atom stereocenters. The van der Waals surface area contributed by atoms with Crippen molar-refractivity contribution in [2.45, 2.75) is 58.1 Å². The molecule has 3 heterocycles. The number of aromatic nitrogens is 4. The summed E-state index contributed by atoms with van der Waals surface area (Å²) in [5.74, 6) is 0.734. The van der Waals surface area contributed by atoms with Crippen molar-refractivity contribution < 1.29 is 13.9 Å². The maximum Gasteiger partial charge on any atom is 0.264 e. The van der Waals surface area contributed by atoms with Crippen molar-refractivity contribution in [3.05, 3.63) is 30.7 Å². The Morgan fingerprint density at radius 1 is 1.24 bits per heavy atom. The Hall–Kier alpha value is -2.32. The number of ketones is 1. The molecule has 154 valence electrons. The first-order chi connectivity index (χ1) is 13.9. The van der Waals surface area contributed by atoms with E-state index in [0.717, 1.165) is 49.4 Å². The third-order valence-corrected chi connectivity index (χ3v) is 7.16. The summed E-state index contributed by atoms with van der Waals surface area (Å²) in [5.41, 5.74) is 1.43. The Morgan fingerprint density at radius 2 is 2.03 bits per heavy atom. The number of fused-ring (bicyclic) bond motifs is 1. The Labute approximate surface area is 171 Å². The van der Waals surface area contributed by atoms with E-state index < -0.39 is 8.07 Å². The molecular formula is C21H28N4O3Si. The van der Waals surface area contributed by atoms with Gasteiger partial charge in [0.15, 0.2) is 5.76 Å². The zero-order valence-electron chi connectivity index (χ0n) is 17.4. The van der Waals surface area contributed by atoms with E-state index in [1.54, 1.807) is 6.20 Å². The molecule has 1 fully saturated rings. The molecule has 1 saturated carbocycles. The second-order valence-electron chi connectivity index (χ2n) is 8.97. The SMILES string of the molecule is C[Si](C)(C)CCOCn1ccc2c(-c3cnc(C(=O)C4CCCC4)o3)ncnc21. The summed E-state index contributed by atoms with van der Waals surface area (Å²) in [6.45, 7) is 8.21. The zero-order chi connectivity index (χ0) is 20.4. The normalized spacial score (nSPS) is 15.4. The van der Waals surface area contributed by atoms with Crippen molar-refractivity contribution in [3.63, 3.8) is 0 Å². The number of rotatable bonds is 8. The third kappa shape index (κ3) is 4.48. The van der Waals surface area contributed by atoms with Crippen LogP contribution in [0.1, 0.15) is 36.4 Å². The standard InChI is InChI=1S/C21H28N4O3Si/c1-29(2,3)11-10-27-14-25-9-8-16-18(23-13-24-20(16)25)17-12-22-21(28-17)19(26)15-6-4-5-7-15/h8-9,12-13,15H,4-7,10-11,14H2,1-3H3. The van der Waals surface area contributed by atoms with Crippen LogP contribution in [-0.2, 0) is 11.5 Å². The zero-order valence-corrected chi connectivity index (χ0v) is 18.4. The smallest absolute Gasteiger partial charge is 0.264 e. The Balaban J connectivity index is 1.51. The quantitative estimate of drug-likeness (QED) is 0.301. The fourth-order valence-electron chi connectivity index (χ4n) is 3.71. The first-order valence-electron chi connectivity index (χ1n) is 10.3. The minimum absolute atomic E-state index is 0.00687. The molecule has 0 amide bonds. The van der Waals surface area contributed by atoms with Crippen molar-refractivity contribution in [1.29, 1.82) is 0 Å². The molecule has 0 aliphatic heterocycles. The largest absolute Gasteiger partial charge is 0.432 e. The van der Waals surface area contributed by atoms with Gasteiger partial charge in [0.1, 0.15) is 24.4 Å². The molecule has 3 aromatic heterocycles. The average Bonchev–Trinajstić information content (AvgIpc) is 3.44. The highest BCUT2D eigenvalue weighted by Crippen LogP contribution is 2.31. The molecule has 1 aliphatic rings. The number of oxazole rings is 1. The number of carbonyl (C=O) groups is 1. The van der Waals surface area contributed by atoms with Gasteiger partial charge in [-0.15, -0.1) is 0 Å². The van der Waals surface area contributed by atoms with Crippen LogP contribution in [-0.4, -0.2) is 40.0 Å². The van der Waals surface area contributed by atoms with Crippen LogP contribution in [0.3, 0.4) is 0 Å². The Morgan fingerprint density at radius 3 is 2.79 bits per heavy atom. The molecule has 8 heteroatoms. The minimum Gasteiger partial charge on any atom is -0.432 e. The van der Waals surface area contributed by atoms with Crippen LogP contribution in [0.15, 0.2) is 29.2 Å². The molecule has 0 atom stereocenters. The van der Waals surface area contributed by atoms with Gasteiger partial charge >= 0.3 is 0 Å². The van der Waals surface area contributed by atoms with Crippen LogP contribution < -0.4 is 0 Å². The number of hydrogen-bond donors (Lipinski definition) is 0. The van der Waals surface area contributed by atoms with E-state index in [0.29, 0.717) is 18.2 Å². The predicted octanol–water partition coefficient (Wildman–Crippen LogP) is 4.77. The lowest BCUT2D eigenvalue weighted by Gasteiger charge is -2.15. The van der Waals surface area contributed by atoms with E-state index in [9.17, 15) is 4.79 Å². The van der Waals surface area contributed by atoms with E-state index >= 15 is 0 Å². The fraction of sp³-hybridized carbons (Fsp3) is 0.524. The summed E-state index contributed by atoms with van der Waals surface area (Å²) in [7, 11) is -1.11. The van der Waals surface area contributed by atoms with E-state index in [1.165, 1.54) is 6.33 Å². The van der Waals surface area contributed by atoms with E-state index in [-0.39, 0.29) is 17.6 Å². The molecule has 4 rings (SSSR count). The van der Waals surface area contributed by atoms with E-state index in [1.807, 2.05) is 16.8 Å². The summed E-state index contributed by atoms with van der Waals surface area (Å²) in [6.07, 6.45) is 9.10. The maximum absolute atomic E-state index is 12.6. The minimum atomic E-state index is -1.11.